The number of halogens is 1. The van der Waals surface area contributed by atoms with Gasteiger partial charge in [-0.3, -0.25) is 19.4 Å². The molecule has 2 aliphatic heterocycles. The van der Waals surface area contributed by atoms with Gasteiger partial charge in [0.1, 0.15) is 0 Å². The SMILES string of the molecule is CCN(CC(=O)O)C1CCN(CC(=O)N2CCC(C)CC2)CC1.Cl. The number of hydrogen-bond acceptors (Lipinski definition) is 4. The van der Waals surface area contributed by atoms with Crippen LogP contribution in [0.1, 0.15) is 39.5 Å². The molecule has 0 aromatic heterocycles. The zero-order valence-electron chi connectivity index (χ0n) is 14.9. The summed E-state index contributed by atoms with van der Waals surface area (Å²) in [5.74, 6) is 0.237. The van der Waals surface area contributed by atoms with E-state index < -0.39 is 5.97 Å². The van der Waals surface area contributed by atoms with Crippen molar-refractivity contribution in [2.24, 2.45) is 5.92 Å². The fourth-order valence-corrected chi connectivity index (χ4v) is 3.66. The maximum absolute atomic E-state index is 12.4. The van der Waals surface area contributed by atoms with Crippen molar-refractivity contribution in [3.05, 3.63) is 0 Å². The highest BCUT2D eigenvalue weighted by Gasteiger charge is 2.27. The maximum atomic E-state index is 12.4. The monoisotopic (exact) mass is 361 g/mol. The van der Waals surface area contributed by atoms with Gasteiger partial charge < -0.3 is 10.0 Å². The molecule has 0 unspecified atom stereocenters. The lowest BCUT2D eigenvalue weighted by Crippen LogP contribution is -2.49. The van der Waals surface area contributed by atoms with Crippen molar-refractivity contribution in [1.29, 1.82) is 0 Å². The van der Waals surface area contributed by atoms with Gasteiger partial charge in [0, 0.05) is 32.2 Å². The normalized spacial score (nSPS) is 20.9. The summed E-state index contributed by atoms with van der Waals surface area (Å²) in [6.07, 6.45) is 4.14. The van der Waals surface area contributed by atoms with Crippen LogP contribution in [0.15, 0.2) is 0 Å². The first-order chi connectivity index (χ1) is 11.0. The van der Waals surface area contributed by atoms with E-state index in [1.54, 1.807) is 0 Å². The second-order valence-corrected chi connectivity index (χ2v) is 7.03. The minimum Gasteiger partial charge on any atom is -0.480 e. The number of amides is 1. The minimum absolute atomic E-state index is 0. The number of hydrogen-bond donors (Lipinski definition) is 1. The second-order valence-electron chi connectivity index (χ2n) is 7.03. The molecule has 2 heterocycles. The second kappa shape index (κ2) is 10.2. The Morgan fingerprint density at radius 2 is 1.67 bits per heavy atom. The van der Waals surface area contributed by atoms with Crippen molar-refractivity contribution in [2.45, 2.75) is 45.6 Å². The summed E-state index contributed by atoms with van der Waals surface area (Å²) in [5.41, 5.74) is 0. The fraction of sp³-hybridized carbons (Fsp3) is 0.882. The molecule has 2 saturated heterocycles. The third-order valence-corrected chi connectivity index (χ3v) is 5.31. The number of carboxylic acids is 1. The molecule has 2 fully saturated rings. The van der Waals surface area contributed by atoms with Gasteiger partial charge in [0.15, 0.2) is 0 Å². The van der Waals surface area contributed by atoms with Crippen LogP contribution >= 0.6 is 12.4 Å². The Balaban J connectivity index is 0.00000288. The Kier molecular flexibility index (Phi) is 9.02. The maximum Gasteiger partial charge on any atom is 0.317 e. The number of piperidine rings is 2. The Labute approximate surface area is 151 Å². The molecule has 0 radical (unpaired) electrons. The number of carboxylic acid groups (broad SMARTS) is 1. The van der Waals surface area contributed by atoms with Crippen molar-refractivity contribution in [3.63, 3.8) is 0 Å². The molecule has 0 aromatic rings. The molecule has 7 heteroatoms. The zero-order valence-corrected chi connectivity index (χ0v) is 15.8. The van der Waals surface area contributed by atoms with Gasteiger partial charge in [0.25, 0.3) is 0 Å². The third kappa shape index (κ3) is 6.22. The first kappa shape index (κ1) is 21.2. The highest BCUT2D eigenvalue weighted by molar-refractivity contribution is 5.85. The molecule has 0 spiro atoms. The van der Waals surface area contributed by atoms with E-state index in [1.807, 2.05) is 16.7 Å². The molecule has 24 heavy (non-hydrogen) atoms. The Bertz CT molecular complexity index is 406. The number of aliphatic carboxylic acids is 1. The van der Waals surface area contributed by atoms with E-state index in [2.05, 4.69) is 11.8 Å². The molecular formula is C17H32ClN3O3. The van der Waals surface area contributed by atoms with Crippen LogP contribution < -0.4 is 0 Å². The topological polar surface area (TPSA) is 64.1 Å². The van der Waals surface area contributed by atoms with Crippen LogP contribution in [0.25, 0.3) is 0 Å². The number of carbonyl (C=O) groups is 2. The highest BCUT2D eigenvalue weighted by atomic mass is 35.5. The van der Waals surface area contributed by atoms with E-state index in [1.165, 1.54) is 0 Å². The van der Waals surface area contributed by atoms with Crippen molar-refractivity contribution >= 4 is 24.3 Å². The van der Waals surface area contributed by atoms with E-state index in [-0.39, 0.29) is 24.9 Å². The molecule has 6 nitrogen and oxygen atoms in total. The number of rotatable bonds is 6. The number of nitrogens with zero attached hydrogens (tertiary/aromatic N) is 3. The van der Waals surface area contributed by atoms with Crippen LogP contribution in [0.3, 0.4) is 0 Å². The summed E-state index contributed by atoms with van der Waals surface area (Å²) in [7, 11) is 0. The first-order valence-corrected chi connectivity index (χ1v) is 8.95. The minimum atomic E-state index is -0.760. The number of carbonyl (C=O) groups excluding carboxylic acids is 1. The van der Waals surface area contributed by atoms with Crippen LogP contribution in [0.2, 0.25) is 0 Å². The van der Waals surface area contributed by atoms with Crippen molar-refractivity contribution < 1.29 is 14.7 Å². The summed E-state index contributed by atoms with van der Waals surface area (Å²) in [6, 6.07) is 0.332. The van der Waals surface area contributed by atoms with E-state index in [4.69, 9.17) is 5.11 Å². The van der Waals surface area contributed by atoms with Gasteiger partial charge in [-0.2, -0.15) is 0 Å². The van der Waals surface area contributed by atoms with Crippen molar-refractivity contribution in [2.75, 3.05) is 45.8 Å². The lowest BCUT2D eigenvalue weighted by Gasteiger charge is -2.38. The summed E-state index contributed by atoms with van der Waals surface area (Å²) in [5, 5.41) is 8.98. The van der Waals surface area contributed by atoms with E-state index in [0.29, 0.717) is 12.6 Å². The molecule has 1 N–H and O–H groups in total. The van der Waals surface area contributed by atoms with Crippen LogP contribution in [0.5, 0.6) is 0 Å². The van der Waals surface area contributed by atoms with Gasteiger partial charge >= 0.3 is 5.97 Å². The number of likely N-dealkylation sites (tertiary alicyclic amines) is 2. The van der Waals surface area contributed by atoms with Crippen molar-refractivity contribution in [3.8, 4) is 0 Å². The van der Waals surface area contributed by atoms with Gasteiger partial charge in [-0.15, -0.1) is 12.4 Å². The molecule has 2 aliphatic rings. The predicted molar refractivity (Wildman–Crippen MR) is 96.6 cm³/mol. The fourth-order valence-electron chi connectivity index (χ4n) is 3.66. The van der Waals surface area contributed by atoms with Gasteiger partial charge in [0.05, 0.1) is 13.1 Å². The summed E-state index contributed by atoms with van der Waals surface area (Å²) < 4.78 is 0. The Morgan fingerprint density at radius 3 is 2.17 bits per heavy atom. The molecule has 140 valence electrons. The zero-order chi connectivity index (χ0) is 16.8. The van der Waals surface area contributed by atoms with Crippen LogP contribution in [-0.4, -0.2) is 83.5 Å². The van der Waals surface area contributed by atoms with E-state index >= 15 is 0 Å². The quantitative estimate of drug-likeness (QED) is 0.777. The van der Waals surface area contributed by atoms with Gasteiger partial charge in [0.2, 0.25) is 5.91 Å². The predicted octanol–water partition coefficient (Wildman–Crippen LogP) is 1.54. The molecule has 0 atom stereocenters. The molecule has 2 rings (SSSR count). The highest BCUT2D eigenvalue weighted by Crippen LogP contribution is 2.18. The lowest BCUT2D eigenvalue weighted by atomic mass is 9.99. The first-order valence-electron chi connectivity index (χ1n) is 8.95. The van der Waals surface area contributed by atoms with Gasteiger partial charge in [-0.1, -0.05) is 13.8 Å². The van der Waals surface area contributed by atoms with E-state index in [0.717, 1.165) is 64.3 Å². The molecule has 1 amide bonds. The lowest BCUT2D eigenvalue weighted by molar-refractivity contribution is -0.139. The largest absolute Gasteiger partial charge is 0.480 e. The molecule has 0 bridgehead atoms. The summed E-state index contributed by atoms with van der Waals surface area (Å²) in [4.78, 5) is 29.6. The van der Waals surface area contributed by atoms with Gasteiger partial charge in [-0.05, 0) is 38.1 Å². The third-order valence-electron chi connectivity index (χ3n) is 5.31. The molecule has 0 saturated carbocycles. The van der Waals surface area contributed by atoms with E-state index in [9.17, 15) is 9.59 Å². The Morgan fingerprint density at radius 1 is 1.08 bits per heavy atom. The standard InChI is InChI=1S/C17H31N3O3.ClH/c1-3-19(13-17(22)23)15-6-8-18(9-7-15)12-16(21)20-10-4-14(2)5-11-20;/h14-15H,3-13H2,1-2H3,(H,22,23);1H. The smallest absolute Gasteiger partial charge is 0.317 e. The number of likely N-dealkylation sites (N-methyl/N-ethyl adjacent to an activating group) is 1. The van der Waals surface area contributed by atoms with Crippen LogP contribution in [-0.2, 0) is 9.59 Å². The summed E-state index contributed by atoms with van der Waals surface area (Å²) >= 11 is 0. The Hall–Kier alpha value is -0.850. The average Bonchev–Trinajstić information content (AvgIpc) is 2.54. The molecule has 0 aliphatic carbocycles. The average molecular weight is 362 g/mol. The van der Waals surface area contributed by atoms with Crippen molar-refractivity contribution in [1.82, 2.24) is 14.7 Å². The molecular weight excluding hydrogens is 330 g/mol. The van der Waals surface area contributed by atoms with Crippen LogP contribution in [0.4, 0.5) is 0 Å². The summed E-state index contributed by atoms with van der Waals surface area (Å²) in [6.45, 7) is 9.24. The molecule has 0 aromatic carbocycles. The van der Waals surface area contributed by atoms with Gasteiger partial charge in [-0.25, -0.2) is 0 Å². The van der Waals surface area contributed by atoms with Crippen LogP contribution in [0, 0.1) is 5.92 Å².